The van der Waals surface area contributed by atoms with Crippen molar-refractivity contribution in [3.8, 4) is 0 Å². The number of hydrogen-bond donors (Lipinski definition) is 1. The van der Waals surface area contributed by atoms with E-state index in [2.05, 4.69) is 0 Å². The van der Waals surface area contributed by atoms with Gasteiger partial charge in [0.25, 0.3) is 0 Å². The highest BCUT2D eigenvalue weighted by molar-refractivity contribution is 5.84. The Kier molecular flexibility index (Phi) is 2.96. The third-order valence-corrected chi connectivity index (χ3v) is 3.00. The van der Waals surface area contributed by atoms with Gasteiger partial charge >= 0.3 is 0 Å². The molecule has 1 fully saturated rings. The van der Waals surface area contributed by atoms with Gasteiger partial charge in [0.05, 0.1) is 6.10 Å². The number of amides is 1. The van der Waals surface area contributed by atoms with E-state index in [0.29, 0.717) is 6.54 Å². The SMILES string of the molecule is CCC1(C)CCN(C[C@@H](C)O)C1=O. The molecule has 0 radical (unpaired) electrons. The third kappa shape index (κ3) is 2.02. The summed E-state index contributed by atoms with van der Waals surface area (Å²) in [5.41, 5.74) is -0.172. The summed E-state index contributed by atoms with van der Waals surface area (Å²) in [7, 11) is 0. The number of β-amino-alcohol motifs (C(OH)–C–C–N with tert-alkyl or cyclic N) is 1. The summed E-state index contributed by atoms with van der Waals surface area (Å²) in [6.07, 6.45) is 1.40. The predicted molar refractivity (Wildman–Crippen MR) is 51.3 cm³/mol. The molecule has 1 N–H and O–H groups in total. The molecule has 1 heterocycles. The molecule has 0 aromatic carbocycles. The van der Waals surface area contributed by atoms with E-state index in [0.717, 1.165) is 19.4 Å². The van der Waals surface area contributed by atoms with Crippen LogP contribution >= 0.6 is 0 Å². The minimum atomic E-state index is -0.414. The summed E-state index contributed by atoms with van der Waals surface area (Å²) in [6.45, 7) is 7.05. The second-order valence-corrected chi connectivity index (χ2v) is 4.26. The van der Waals surface area contributed by atoms with Crippen LogP contribution in [0.1, 0.15) is 33.6 Å². The van der Waals surface area contributed by atoms with Crippen molar-refractivity contribution in [2.75, 3.05) is 13.1 Å². The van der Waals surface area contributed by atoms with Crippen LogP contribution in [0.15, 0.2) is 0 Å². The molecule has 3 nitrogen and oxygen atoms in total. The molecule has 1 aliphatic heterocycles. The van der Waals surface area contributed by atoms with E-state index in [9.17, 15) is 9.90 Å². The van der Waals surface area contributed by atoms with Crippen LogP contribution in [-0.4, -0.2) is 35.1 Å². The summed E-state index contributed by atoms with van der Waals surface area (Å²) in [6, 6.07) is 0. The molecule has 3 heteroatoms. The fraction of sp³-hybridized carbons (Fsp3) is 0.900. The number of nitrogens with zero attached hydrogens (tertiary/aromatic N) is 1. The first-order valence-electron chi connectivity index (χ1n) is 4.97. The van der Waals surface area contributed by atoms with E-state index in [-0.39, 0.29) is 11.3 Å². The standard InChI is InChI=1S/C10H19NO2/c1-4-10(3)5-6-11(9(10)13)7-8(2)12/h8,12H,4-7H2,1-3H3/t8-,10?/m1/s1. The van der Waals surface area contributed by atoms with Crippen LogP contribution in [0.2, 0.25) is 0 Å². The molecule has 0 aliphatic carbocycles. The first kappa shape index (κ1) is 10.5. The van der Waals surface area contributed by atoms with Gasteiger partial charge in [-0.3, -0.25) is 4.79 Å². The molecule has 1 amide bonds. The second kappa shape index (κ2) is 3.66. The Labute approximate surface area is 79.7 Å². The predicted octanol–water partition coefficient (Wildman–Crippen LogP) is 1.02. The summed E-state index contributed by atoms with van der Waals surface area (Å²) < 4.78 is 0. The van der Waals surface area contributed by atoms with Crippen molar-refractivity contribution in [2.24, 2.45) is 5.41 Å². The zero-order valence-electron chi connectivity index (χ0n) is 8.71. The minimum absolute atomic E-state index is 0.172. The van der Waals surface area contributed by atoms with Crippen molar-refractivity contribution in [3.63, 3.8) is 0 Å². The summed E-state index contributed by atoms with van der Waals surface area (Å²) in [5.74, 6) is 0.205. The second-order valence-electron chi connectivity index (χ2n) is 4.26. The molecular formula is C10H19NO2. The van der Waals surface area contributed by atoms with Crippen LogP contribution in [0, 0.1) is 5.41 Å². The van der Waals surface area contributed by atoms with Crippen LogP contribution in [0.25, 0.3) is 0 Å². The molecule has 76 valence electrons. The lowest BCUT2D eigenvalue weighted by atomic mass is 9.86. The lowest BCUT2D eigenvalue weighted by Gasteiger charge is -2.22. The van der Waals surface area contributed by atoms with Gasteiger partial charge in [-0.15, -0.1) is 0 Å². The van der Waals surface area contributed by atoms with Crippen LogP contribution in [-0.2, 0) is 4.79 Å². The molecular weight excluding hydrogens is 166 g/mol. The van der Waals surface area contributed by atoms with E-state index in [1.54, 1.807) is 11.8 Å². The van der Waals surface area contributed by atoms with Gasteiger partial charge in [-0.05, 0) is 19.8 Å². The molecule has 0 saturated carbocycles. The van der Waals surface area contributed by atoms with Crippen molar-refractivity contribution >= 4 is 5.91 Å². The van der Waals surface area contributed by atoms with Gasteiger partial charge in [0.2, 0.25) is 5.91 Å². The summed E-state index contributed by atoms with van der Waals surface area (Å²) in [4.78, 5) is 13.6. The third-order valence-electron chi connectivity index (χ3n) is 3.00. The monoisotopic (exact) mass is 185 g/mol. The van der Waals surface area contributed by atoms with Crippen molar-refractivity contribution in [3.05, 3.63) is 0 Å². The first-order valence-corrected chi connectivity index (χ1v) is 4.97. The quantitative estimate of drug-likeness (QED) is 0.713. The molecule has 0 aromatic heterocycles. The van der Waals surface area contributed by atoms with Gasteiger partial charge in [-0.1, -0.05) is 13.8 Å². The summed E-state index contributed by atoms with van der Waals surface area (Å²) >= 11 is 0. The van der Waals surface area contributed by atoms with E-state index in [4.69, 9.17) is 0 Å². The van der Waals surface area contributed by atoms with Gasteiger partial charge in [0, 0.05) is 18.5 Å². The van der Waals surface area contributed by atoms with Crippen molar-refractivity contribution in [2.45, 2.75) is 39.7 Å². The number of likely N-dealkylation sites (tertiary alicyclic amines) is 1. The smallest absolute Gasteiger partial charge is 0.228 e. The molecule has 1 rings (SSSR count). The average molecular weight is 185 g/mol. The molecule has 13 heavy (non-hydrogen) atoms. The van der Waals surface area contributed by atoms with E-state index in [1.807, 2.05) is 13.8 Å². The zero-order chi connectivity index (χ0) is 10.1. The number of hydrogen-bond acceptors (Lipinski definition) is 2. The minimum Gasteiger partial charge on any atom is -0.392 e. The van der Waals surface area contributed by atoms with Gasteiger partial charge in [0.1, 0.15) is 0 Å². The Morgan fingerprint density at radius 3 is 2.69 bits per heavy atom. The van der Waals surface area contributed by atoms with Crippen molar-refractivity contribution < 1.29 is 9.90 Å². The fourth-order valence-corrected chi connectivity index (χ4v) is 1.79. The lowest BCUT2D eigenvalue weighted by molar-refractivity contribution is -0.136. The maximum atomic E-state index is 11.8. The largest absolute Gasteiger partial charge is 0.392 e. The Morgan fingerprint density at radius 2 is 2.31 bits per heavy atom. The number of aliphatic hydroxyl groups is 1. The van der Waals surface area contributed by atoms with Crippen LogP contribution in [0.4, 0.5) is 0 Å². The first-order chi connectivity index (χ1) is 5.99. The van der Waals surface area contributed by atoms with Gasteiger partial charge in [-0.2, -0.15) is 0 Å². The normalized spacial score (nSPS) is 31.1. The van der Waals surface area contributed by atoms with Gasteiger partial charge < -0.3 is 10.0 Å². The van der Waals surface area contributed by atoms with E-state index < -0.39 is 6.10 Å². The van der Waals surface area contributed by atoms with Gasteiger partial charge in [-0.25, -0.2) is 0 Å². The van der Waals surface area contributed by atoms with E-state index in [1.165, 1.54) is 0 Å². The molecule has 2 atom stereocenters. The van der Waals surface area contributed by atoms with Crippen molar-refractivity contribution in [1.82, 2.24) is 4.90 Å². The number of rotatable bonds is 3. The Balaban J connectivity index is 2.60. The van der Waals surface area contributed by atoms with Crippen LogP contribution in [0.3, 0.4) is 0 Å². The Bertz CT molecular complexity index is 203. The number of carbonyl (C=O) groups excluding carboxylic acids is 1. The highest BCUT2D eigenvalue weighted by Gasteiger charge is 2.41. The molecule has 1 saturated heterocycles. The lowest BCUT2D eigenvalue weighted by Crippen LogP contribution is -2.36. The number of aliphatic hydroxyl groups excluding tert-OH is 1. The van der Waals surface area contributed by atoms with Crippen LogP contribution in [0.5, 0.6) is 0 Å². The Morgan fingerprint density at radius 1 is 1.69 bits per heavy atom. The zero-order valence-corrected chi connectivity index (χ0v) is 8.71. The highest BCUT2D eigenvalue weighted by Crippen LogP contribution is 2.34. The van der Waals surface area contributed by atoms with E-state index >= 15 is 0 Å². The number of carbonyl (C=O) groups is 1. The highest BCUT2D eigenvalue weighted by atomic mass is 16.3. The maximum Gasteiger partial charge on any atom is 0.228 e. The average Bonchev–Trinajstić information content (AvgIpc) is 2.33. The van der Waals surface area contributed by atoms with Crippen molar-refractivity contribution in [1.29, 1.82) is 0 Å². The van der Waals surface area contributed by atoms with Gasteiger partial charge in [0.15, 0.2) is 0 Å². The maximum absolute atomic E-state index is 11.8. The molecule has 1 aliphatic rings. The molecule has 0 bridgehead atoms. The Hall–Kier alpha value is -0.570. The van der Waals surface area contributed by atoms with Crippen LogP contribution < -0.4 is 0 Å². The fourth-order valence-electron chi connectivity index (χ4n) is 1.79. The molecule has 1 unspecified atom stereocenters. The molecule has 0 spiro atoms. The molecule has 0 aromatic rings. The topological polar surface area (TPSA) is 40.5 Å². The summed E-state index contributed by atoms with van der Waals surface area (Å²) in [5, 5.41) is 9.18.